The number of alkyl halides is 2. The van der Waals surface area contributed by atoms with Crippen molar-refractivity contribution in [1.29, 1.82) is 0 Å². The highest BCUT2D eigenvalue weighted by Crippen LogP contribution is 2.51. The predicted molar refractivity (Wildman–Crippen MR) is 66.5 cm³/mol. The predicted octanol–water partition coefficient (Wildman–Crippen LogP) is 4.34. The monoisotopic (exact) mass is 244 g/mol. The molecular formula is C15H10F2O. The fourth-order valence-electron chi connectivity index (χ4n) is 2.36. The van der Waals surface area contributed by atoms with E-state index >= 15 is 0 Å². The summed E-state index contributed by atoms with van der Waals surface area (Å²) in [6.45, 7) is 3.41. The van der Waals surface area contributed by atoms with Gasteiger partial charge in [0, 0.05) is 16.7 Å². The van der Waals surface area contributed by atoms with Gasteiger partial charge in [0.15, 0.2) is 0 Å². The maximum atomic E-state index is 14.2. The van der Waals surface area contributed by atoms with Crippen LogP contribution in [0.4, 0.5) is 8.78 Å². The lowest BCUT2D eigenvalue weighted by Gasteiger charge is -2.12. The Morgan fingerprint density at radius 2 is 1.67 bits per heavy atom. The zero-order valence-electron chi connectivity index (χ0n) is 9.45. The average Bonchev–Trinajstić information content (AvgIpc) is 2.59. The molecule has 0 saturated heterocycles. The van der Waals surface area contributed by atoms with Gasteiger partial charge in [-0.15, -0.1) is 0 Å². The van der Waals surface area contributed by atoms with Gasteiger partial charge in [-0.1, -0.05) is 43.0 Å². The van der Waals surface area contributed by atoms with Crippen molar-refractivity contribution in [1.82, 2.24) is 0 Å². The van der Waals surface area contributed by atoms with Crippen LogP contribution in [-0.2, 0) is 5.92 Å². The van der Waals surface area contributed by atoms with Crippen molar-refractivity contribution in [3.8, 4) is 11.1 Å². The van der Waals surface area contributed by atoms with E-state index in [0.29, 0.717) is 16.7 Å². The van der Waals surface area contributed by atoms with E-state index in [-0.39, 0.29) is 16.9 Å². The van der Waals surface area contributed by atoms with Crippen molar-refractivity contribution in [3.63, 3.8) is 0 Å². The molecule has 2 aromatic carbocycles. The van der Waals surface area contributed by atoms with Gasteiger partial charge in [-0.2, -0.15) is 8.78 Å². The molecule has 0 aliphatic heterocycles. The first-order valence-corrected chi connectivity index (χ1v) is 5.52. The van der Waals surface area contributed by atoms with Crippen LogP contribution in [0.15, 0.2) is 49.0 Å². The fraction of sp³-hybridized carbons (Fsp3) is 0.0667. The van der Waals surface area contributed by atoms with E-state index in [1.54, 1.807) is 24.3 Å². The molecule has 0 aromatic heterocycles. The highest BCUT2D eigenvalue weighted by molar-refractivity contribution is 5.81. The van der Waals surface area contributed by atoms with Crippen molar-refractivity contribution in [2.24, 2.45) is 0 Å². The Labute approximate surface area is 103 Å². The van der Waals surface area contributed by atoms with Crippen molar-refractivity contribution in [2.45, 2.75) is 5.92 Å². The van der Waals surface area contributed by atoms with Crippen LogP contribution < -0.4 is 0 Å². The number of aliphatic hydroxyl groups is 1. The van der Waals surface area contributed by atoms with Gasteiger partial charge >= 0.3 is 0 Å². The summed E-state index contributed by atoms with van der Waals surface area (Å²) in [6.07, 6.45) is 0. The normalized spacial score (nSPS) is 15.0. The maximum Gasteiger partial charge on any atom is 0.299 e. The largest absolute Gasteiger partial charge is 0.508 e. The second-order valence-corrected chi connectivity index (χ2v) is 4.33. The minimum atomic E-state index is -2.97. The van der Waals surface area contributed by atoms with Crippen LogP contribution in [0.1, 0.15) is 16.7 Å². The van der Waals surface area contributed by atoms with E-state index in [9.17, 15) is 13.9 Å². The Bertz CT molecular complexity index is 659. The van der Waals surface area contributed by atoms with Crippen LogP contribution in [0.2, 0.25) is 0 Å². The lowest BCUT2D eigenvalue weighted by atomic mass is 10.0. The van der Waals surface area contributed by atoms with E-state index in [1.165, 1.54) is 18.2 Å². The number of benzene rings is 2. The van der Waals surface area contributed by atoms with Crippen LogP contribution in [-0.4, -0.2) is 5.11 Å². The van der Waals surface area contributed by atoms with E-state index < -0.39 is 5.92 Å². The second kappa shape index (κ2) is 3.42. The van der Waals surface area contributed by atoms with Crippen molar-refractivity contribution >= 4 is 5.76 Å². The van der Waals surface area contributed by atoms with Gasteiger partial charge in [-0.3, -0.25) is 0 Å². The van der Waals surface area contributed by atoms with Crippen LogP contribution in [0, 0.1) is 0 Å². The summed E-state index contributed by atoms with van der Waals surface area (Å²) in [6, 6.07) is 10.8. The first-order valence-electron chi connectivity index (χ1n) is 5.52. The van der Waals surface area contributed by atoms with Gasteiger partial charge in [-0.25, -0.2) is 0 Å². The molecule has 3 heteroatoms. The fourth-order valence-corrected chi connectivity index (χ4v) is 2.36. The molecule has 0 atom stereocenters. The van der Waals surface area contributed by atoms with E-state index in [2.05, 4.69) is 6.58 Å². The number of halogens is 2. The number of hydrogen-bond acceptors (Lipinski definition) is 1. The highest BCUT2D eigenvalue weighted by atomic mass is 19.3. The molecule has 1 aliphatic rings. The van der Waals surface area contributed by atoms with Crippen LogP contribution in [0.5, 0.6) is 0 Å². The van der Waals surface area contributed by atoms with E-state index in [1.807, 2.05) is 0 Å². The lowest BCUT2D eigenvalue weighted by molar-refractivity contribution is 0.0480. The van der Waals surface area contributed by atoms with Crippen LogP contribution in [0.25, 0.3) is 16.9 Å². The zero-order chi connectivity index (χ0) is 12.9. The summed E-state index contributed by atoms with van der Waals surface area (Å²) >= 11 is 0. The van der Waals surface area contributed by atoms with E-state index in [4.69, 9.17) is 0 Å². The number of hydrogen-bond donors (Lipinski definition) is 1. The minimum absolute atomic E-state index is 0.0145. The zero-order valence-corrected chi connectivity index (χ0v) is 9.45. The van der Waals surface area contributed by atoms with Gasteiger partial charge in [0.1, 0.15) is 5.76 Å². The summed E-state index contributed by atoms with van der Waals surface area (Å²) < 4.78 is 28.4. The molecule has 2 aromatic rings. The lowest BCUT2D eigenvalue weighted by Crippen LogP contribution is -2.10. The number of aliphatic hydroxyl groups excluding tert-OH is 1. The van der Waals surface area contributed by atoms with E-state index in [0.717, 1.165) is 0 Å². The smallest absolute Gasteiger partial charge is 0.299 e. The number of fused-ring (bicyclic) bond motifs is 3. The molecule has 0 unspecified atom stereocenters. The van der Waals surface area contributed by atoms with Gasteiger partial charge in [-0.05, 0) is 17.2 Å². The molecule has 0 saturated carbocycles. The van der Waals surface area contributed by atoms with Crippen molar-refractivity contribution in [3.05, 3.63) is 65.7 Å². The average molecular weight is 244 g/mol. The van der Waals surface area contributed by atoms with Gasteiger partial charge < -0.3 is 5.11 Å². The summed E-state index contributed by atoms with van der Waals surface area (Å²) in [5.41, 5.74) is 1.43. The Balaban J connectivity index is 2.33. The summed E-state index contributed by atoms with van der Waals surface area (Å²) in [5, 5.41) is 9.35. The molecule has 0 heterocycles. The second-order valence-electron chi connectivity index (χ2n) is 4.33. The van der Waals surface area contributed by atoms with Crippen molar-refractivity contribution in [2.75, 3.05) is 0 Å². The summed E-state index contributed by atoms with van der Waals surface area (Å²) in [4.78, 5) is 0. The Morgan fingerprint density at radius 1 is 1.00 bits per heavy atom. The third-order valence-corrected chi connectivity index (χ3v) is 3.25. The molecule has 0 fully saturated rings. The Hall–Kier alpha value is -2.16. The maximum absolute atomic E-state index is 14.2. The molecule has 18 heavy (non-hydrogen) atoms. The highest BCUT2D eigenvalue weighted by Gasteiger charge is 2.43. The molecule has 0 amide bonds. The van der Waals surface area contributed by atoms with Gasteiger partial charge in [0.2, 0.25) is 0 Å². The third kappa shape index (κ3) is 1.30. The first-order chi connectivity index (χ1) is 8.51. The molecule has 90 valence electrons. The molecule has 1 nitrogen and oxygen atoms in total. The number of rotatable bonds is 1. The quantitative estimate of drug-likeness (QED) is 0.740. The standard InChI is InChI=1S/C15H10F2O/c1-9(18)10-6-7-14-12(8-10)11-4-2-3-5-13(11)15(14,16)17/h2-8,18H,1H2. The van der Waals surface area contributed by atoms with Crippen LogP contribution in [0.3, 0.4) is 0 Å². The molecule has 3 rings (SSSR count). The first kappa shape index (κ1) is 11.0. The molecule has 0 radical (unpaired) electrons. The molecule has 0 bridgehead atoms. The Kier molecular flexibility index (Phi) is 2.08. The minimum Gasteiger partial charge on any atom is -0.508 e. The molecule has 1 aliphatic carbocycles. The van der Waals surface area contributed by atoms with Crippen molar-refractivity contribution < 1.29 is 13.9 Å². The summed E-state index contributed by atoms with van der Waals surface area (Å²) in [7, 11) is 0. The van der Waals surface area contributed by atoms with Gasteiger partial charge in [0.05, 0.1) is 0 Å². The Morgan fingerprint density at radius 3 is 2.39 bits per heavy atom. The topological polar surface area (TPSA) is 20.2 Å². The van der Waals surface area contributed by atoms with Crippen LogP contribution >= 0.6 is 0 Å². The molecular weight excluding hydrogens is 234 g/mol. The molecule has 0 spiro atoms. The SMILES string of the molecule is C=C(O)c1ccc2c(c1)-c1ccccc1C2(F)F. The summed E-state index contributed by atoms with van der Waals surface area (Å²) in [5.74, 6) is -3.09. The molecule has 1 N–H and O–H groups in total. The third-order valence-electron chi connectivity index (χ3n) is 3.25. The van der Waals surface area contributed by atoms with Gasteiger partial charge in [0.25, 0.3) is 5.92 Å².